The highest BCUT2D eigenvalue weighted by Crippen LogP contribution is 1.93. The number of hydrogen-bond acceptors (Lipinski definition) is 4. The molecule has 1 rings (SSSR count). The van der Waals surface area contributed by atoms with Gasteiger partial charge in [-0.25, -0.2) is 13.4 Å². The first-order valence-electron chi connectivity index (χ1n) is 4.92. The highest BCUT2D eigenvalue weighted by atomic mass is 32.2. The van der Waals surface area contributed by atoms with Crippen molar-refractivity contribution >= 4 is 9.84 Å². The van der Waals surface area contributed by atoms with Crippen molar-refractivity contribution in [1.82, 2.24) is 14.9 Å². The van der Waals surface area contributed by atoms with Crippen molar-refractivity contribution in [3.8, 4) is 0 Å². The Balaban J connectivity index is 2.26. The molecule has 0 aliphatic heterocycles. The topological polar surface area (TPSA) is 64.0 Å². The minimum absolute atomic E-state index is 0.188. The van der Waals surface area contributed by atoms with Crippen LogP contribution in [0.5, 0.6) is 0 Å². The van der Waals surface area contributed by atoms with Gasteiger partial charge in [0, 0.05) is 31.7 Å². The summed E-state index contributed by atoms with van der Waals surface area (Å²) in [7, 11) is -0.951. The predicted molar refractivity (Wildman–Crippen MR) is 59.2 cm³/mol. The maximum atomic E-state index is 11.2. The lowest BCUT2D eigenvalue weighted by Crippen LogP contribution is -2.24. The lowest BCUT2D eigenvalue weighted by atomic mass is 10.5. The summed E-state index contributed by atoms with van der Waals surface area (Å²) in [6.45, 7) is 2.74. The summed E-state index contributed by atoms with van der Waals surface area (Å²) in [5.41, 5.74) is 0. The molecule has 0 saturated carbocycles. The van der Waals surface area contributed by atoms with E-state index in [0.29, 0.717) is 13.1 Å². The molecule has 0 spiro atoms. The monoisotopic (exact) mass is 231 g/mol. The first kappa shape index (κ1) is 12.2. The molecule has 0 aliphatic carbocycles. The Morgan fingerprint density at radius 1 is 1.53 bits per heavy atom. The van der Waals surface area contributed by atoms with Crippen LogP contribution in [0, 0.1) is 0 Å². The van der Waals surface area contributed by atoms with Gasteiger partial charge in [-0.1, -0.05) is 6.92 Å². The molecule has 0 fully saturated rings. The molecule has 86 valence electrons. The highest BCUT2D eigenvalue weighted by Gasteiger charge is 2.06. The molecule has 6 heteroatoms. The standard InChI is InChI=1S/C9H17N3O2S/c1-3-15(13,14)7-5-10-8-9-11-4-6-12(9)2/h4,6,10H,3,5,7-8H2,1-2H3. The van der Waals surface area contributed by atoms with Crippen molar-refractivity contribution in [1.29, 1.82) is 0 Å². The van der Waals surface area contributed by atoms with Gasteiger partial charge in [-0.15, -0.1) is 0 Å². The predicted octanol–water partition coefficient (Wildman–Crippen LogP) is -0.0556. The van der Waals surface area contributed by atoms with E-state index in [1.165, 1.54) is 0 Å². The van der Waals surface area contributed by atoms with E-state index in [1.807, 2.05) is 17.8 Å². The van der Waals surface area contributed by atoms with Gasteiger partial charge in [0.05, 0.1) is 12.3 Å². The van der Waals surface area contributed by atoms with E-state index in [4.69, 9.17) is 0 Å². The molecular weight excluding hydrogens is 214 g/mol. The molecule has 0 aliphatic rings. The minimum atomic E-state index is -2.86. The Kier molecular flexibility index (Phi) is 4.28. The van der Waals surface area contributed by atoms with Gasteiger partial charge in [-0.2, -0.15) is 0 Å². The molecule has 1 heterocycles. The van der Waals surface area contributed by atoms with Crippen molar-refractivity contribution in [3.05, 3.63) is 18.2 Å². The van der Waals surface area contributed by atoms with Crippen LogP contribution in [0.4, 0.5) is 0 Å². The molecule has 1 N–H and O–H groups in total. The number of aryl methyl sites for hydroxylation is 1. The normalized spacial score (nSPS) is 11.9. The van der Waals surface area contributed by atoms with Crippen LogP contribution >= 0.6 is 0 Å². The van der Waals surface area contributed by atoms with Gasteiger partial charge < -0.3 is 9.88 Å². The van der Waals surface area contributed by atoms with Crippen LogP contribution in [0.25, 0.3) is 0 Å². The van der Waals surface area contributed by atoms with E-state index in [9.17, 15) is 8.42 Å². The van der Waals surface area contributed by atoms with Crippen molar-refractivity contribution < 1.29 is 8.42 Å². The molecule has 0 bridgehead atoms. The van der Waals surface area contributed by atoms with E-state index in [1.54, 1.807) is 13.1 Å². The Morgan fingerprint density at radius 3 is 2.80 bits per heavy atom. The quantitative estimate of drug-likeness (QED) is 0.697. The molecule has 0 radical (unpaired) electrons. The third kappa shape index (κ3) is 4.01. The second kappa shape index (κ2) is 5.27. The number of imidazole rings is 1. The average molecular weight is 231 g/mol. The first-order chi connectivity index (χ1) is 7.05. The average Bonchev–Trinajstić information content (AvgIpc) is 2.59. The summed E-state index contributed by atoms with van der Waals surface area (Å²) in [5, 5.41) is 3.06. The molecule has 5 nitrogen and oxygen atoms in total. The lowest BCUT2D eigenvalue weighted by Gasteiger charge is -2.04. The second-order valence-corrected chi connectivity index (χ2v) is 5.84. The number of aromatic nitrogens is 2. The molecule has 0 unspecified atom stereocenters. The van der Waals surface area contributed by atoms with Gasteiger partial charge in [-0.05, 0) is 0 Å². The van der Waals surface area contributed by atoms with Crippen LogP contribution in [-0.4, -0.2) is 36.0 Å². The van der Waals surface area contributed by atoms with E-state index in [2.05, 4.69) is 10.3 Å². The molecular formula is C9H17N3O2S. The van der Waals surface area contributed by atoms with Crippen molar-refractivity contribution in [3.63, 3.8) is 0 Å². The zero-order valence-corrected chi connectivity index (χ0v) is 9.92. The lowest BCUT2D eigenvalue weighted by molar-refractivity contribution is 0.589. The molecule has 0 saturated heterocycles. The molecule has 15 heavy (non-hydrogen) atoms. The van der Waals surface area contributed by atoms with Crippen LogP contribution in [0.15, 0.2) is 12.4 Å². The molecule has 1 aromatic heterocycles. The minimum Gasteiger partial charge on any atom is -0.337 e. The summed E-state index contributed by atoms with van der Waals surface area (Å²) in [6, 6.07) is 0. The van der Waals surface area contributed by atoms with Crippen molar-refractivity contribution in [2.24, 2.45) is 7.05 Å². The van der Waals surface area contributed by atoms with Gasteiger partial charge in [-0.3, -0.25) is 0 Å². The Morgan fingerprint density at radius 2 is 2.27 bits per heavy atom. The Hall–Kier alpha value is -0.880. The molecule has 0 atom stereocenters. The fraction of sp³-hybridized carbons (Fsp3) is 0.667. The zero-order valence-electron chi connectivity index (χ0n) is 9.10. The fourth-order valence-electron chi connectivity index (χ4n) is 1.14. The Bertz CT molecular complexity index is 397. The van der Waals surface area contributed by atoms with Gasteiger partial charge in [0.25, 0.3) is 0 Å². The smallest absolute Gasteiger partial charge is 0.151 e. The number of nitrogens with one attached hydrogen (secondary N) is 1. The number of hydrogen-bond donors (Lipinski definition) is 1. The van der Waals surface area contributed by atoms with Gasteiger partial charge in [0.2, 0.25) is 0 Å². The summed E-state index contributed by atoms with van der Waals surface area (Å²) < 4.78 is 24.2. The fourth-order valence-corrected chi connectivity index (χ4v) is 1.88. The van der Waals surface area contributed by atoms with Crippen LogP contribution in [0.1, 0.15) is 12.7 Å². The number of rotatable bonds is 6. The van der Waals surface area contributed by atoms with E-state index in [0.717, 1.165) is 5.82 Å². The maximum Gasteiger partial charge on any atom is 0.151 e. The number of sulfone groups is 1. The van der Waals surface area contributed by atoms with Crippen LogP contribution < -0.4 is 5.32 Å². The van der Waals surface area contributed by atoms with Gasteiger partial charge >= 0.3 is 0 Å². The van der Waals surface area contributed by atoms with Gasteiger partial charge in [0.1, 0.15) is 5.82 Å². The summed E-state index contributed by atoms with van der Waals surface area (Å²) in [5.74, 6) is 1.30. The molecule has 1 aromatic rings. The summed E-state index contributed by atoms with van der Waals surface area (Å²) in [4.78, 5) is 4.12. The van der Waals surface area contributed by atoms with Crippen LogP contribution in [-0.2, 0) is 23.4 Å². The third-order valence-electron chi connectivity index (χ3n) is 2.23. The summed E-state index contributed by atoms with van der Waals surface area (Å²) >= 11 is 0. The van der Waals surface area contributed by atoms with E-state index >= 15 is 0 Å². The van der Waals surface area contributed by atoms with E-state index in [-0.39, 0.29) is 11.5 Å². The van der Waals surface area contributed by atoms with Crippen molar-refractivity contribution in [2.45, 2.75) is 13.5 Å². The second-order valence-electron chi connectivity index (χ2n) is 3.37. The zero-order chi connectivity index (χ0) is 11.3. The first-order valence-corrected chi connectivity index (χ1v) is 6.74. The van der Waals surface area contributed by atoms with Crippen LogP contribution in [0.3, 0.4) is 0 Å². The third-order valence-corrected chi connectivity index (χ3v) is 3.94. The molecule has 0 amide bonds. The van der Waals surface area contributed by atoms with Crippen molar-refractivity contribution in [2.75, 3.05) is 18.1 Å². The maximum absolute atomic E-state index is 11.2. The Labute approximate surface area is 90.4 Å². The van der Waals surface area contributed by atoms with Gasteiger partial charge in [0.15, 0.2) is 9.84 Å². The largest absolute Gasteiger partial charge is 0.337 e. The SMILES string of the molecule is CCS(=O)(=O)CCNCc1nccn1C. The van der Waals surface area contributed by atoms with E-state index < -0.39 is 9.84 Å². The summed E-state index contributed by atoms with van der Waals surface area (Å²) in [6.07, 6.45) is 3.58. The van der Waals surface area contributed by atoms with Crippen LogP contribution in [0.2, 0.25) is 0 Å². The number of nitrogens with zero attached hydrogens (tertiary/aromatic N) is 2. The highest BCUT2D eigenvalue weighted by molar-refractivity contribution is 7.91. The molecule has 0 aromatic carbocycles.